The lowest BCUT2D eigenvalue weighted by Crippen LogP contribution is -2.34. The Bertz CT molecular complexity index is 823. The summed E-state index contributed by atoms with van der Waals surface area (Å²) in [7, 11) is 3.93. The molecule has 8 heteroatoms. The van der Waals surface area contributed by atoms with Gasteiger partial charge in [-0.2, -0.15) is 0 Å². The number of amides is 2. The van der Waals surface area contributed by atoms with Crippen LogP contribution in [0.5, 0.6) is 0 Å². The molecule has 0 saturated carbocycles. The number of carbonyl (C=O) groups is 1. The summed E-state index contributed by atoms with van der Waals surface area (Å²) in [6, 6.07) is 3.77. The van der Waals surface area contributed by atoms with E-state index in [2.05, 4.69) is 20.6 Å². The summed E-state index contributed by atoms with van der Waals surface area (Å²) in [5.41, 5.74) is 1.84. The van der Waals surface area contributed by atoms with Gasteiger partial charge in [-0.15, -0.1) is 11.3 Å². The normalized spacial score (nSPS) is 11.5. The van der Waals surface area contributed by atoms with E-state index < -0.39 is 0 Å². The van der Waals surface area contributed by atoms with E-state index in [0.29, 0.717) is 11.7 Å². The molecule has 3 aromatic rings. The average Bonchev–Trinajstić information content (AvgIpc) is 2.99. The quantitative estimate of drug-likeness (QED) is 0.769. The number of likely N-dealkylation sites (N-methyl/N-ethyl adjacent to an activating group) is 1. The predicted octanol–water partition coefficient (Wildman–Crippen LogP) is 2.90. The number of hydrogen-bond acceptors (Lipinski definition) is 6. The second kappa shape index (κ2) is 6.15. The van der Waals surface area contributed by atoms with Crippen molar-refractivity contribution in [1.29, 1.82) is 0 Å². The Morgan fingerprint density at radius 2 is 2.09 bits per heavy atom. The molecule has 116 valence electrons. The molecule has 0 aliphatic carbocycles. The van der Waals surface area contributed by atoms with E-state index in [1.165, 1.54) is 11.3 Å². The van der Waals surface area contributed by atoms with Crippen molar-refractivity contribution in [3.05, 3.63) is 17.1 Å². The smallest absolute Gasteiger partial charge is 0.321 e. The summed E-state index contributed by atoms with van der Waals surface area (Å²) < 4.78 is 2.17. The number of aryl methyl sites for hydroxylation is 1. The Kier molecular flexibility index (Phi) is 4.23. The topological polar surface area (TPSA) is 70.1 Å². The van der Waals surface area contributed by atoms with Crippen LogP contribution in [0.15, 0.2) is 12.1 Å². The number of aromatic nitrogens is 2. The van der Waals surface area contributed by atoms with Gasteiger partial charge in [0.15, 0.2) is 5.13 Å². The number of hydrogen-bond donors (Lipinski definition) is 2. The largest absolute Gasteiger partial charge is 0.337 e. The lowest BCUT2D eigenvalue weighted by Gasteiger charge is -2.10. The van der Waals surface area contributed by atoms with Crippen molar-refractivity contribution in [2.45, 2.75) is 6.92 Å². The molecule has 3 rings (SSSR count). The molecule has 0 aliphatic rings. The van der Waals surface area contributed by atoms with E-state index in [4.69, 9.17) is 0 Å². The number of thiazole rings is 2. The van der Waals surface area contributed by atoms with Crippen LogP contribution in [0, 0.1) is 6.92 Å². The standard InChI is InChI=1S/C14H17N5OS2/c1-8-16-11-10(21-8)5-4-9-12(11)22-14(17-9)18-13(20)15-6-7-19(2)3/h4-5H,6-7H2,1-3H3,(H2,15,17,18,20). The maximum atomic E-state index is 11.9. The first kappa shape index (κ1) is 15.1. The van der Waals surface area contributed by atoms with Crippen LogP contribution < -0.4 is 10.6 Å². The van der Waals surface area contributed by atoms with Crippen LogP contribution in [0.2, 0.25) is 0 Å². The Morgan fingerprint density at radius 1 is 1.27 bits per heavy atom. The number of nitrogens with zero attached hydrogens (tertiary/aromatic N) is 3. The molecular formula is C14H17N5OS2. The molecule has 1 aromatic carbocycles. The van der Waals surface area contributed by atoms with Crippen LogP contribution >= 0.6 is 22.7 Å². The van der Waals surface area contributed by atoms with Crippen molar-refractivity contribution in [2.24, 2.45) is 0 Å². The summed E-state index contributed by atoms with van der Waals surface area (Å²) in [6.07, 6.45) is 0. The van der Waals surface area contributed by atoms with Gasteiger partial charge in [0, 0.05) is 13.1 Å². The third kappa shape index (κ3) is 3.18. The lowest BCUT2D eigenvalue weighted by atomic mass is 10.3. The Hall–Kier alpha value is -1.77. The molecule has 2 aromatic heterocycles. The van der Waals surface area contributed by atoms with Crippen LogP contribution in [-0.2, 0) is 0 Å². The minimum absolute atomic E-state index is 0.230. The van der Waals surface area contributed by atoms with E-state index in [9.17, 15) is 4.79 Å². The minimum Gasteiger partial charge on any atom is -0.337 e. The SMILES string of the molecule is Cc1nc2c(ccc3nc(NC(=O)NCCN(C)C)sc32)s1. The van der Waals surface area contributed by atoms with E-state index in [-0.39, 0.29) is 6.03 Å². The molecule has 2 amide bonds. The highest BCUT2D eigenvalue weighted by Gasteiger charge is 2.12. The Morgan fingerprint density at radius 3 is 2.86 bits per heavy atom. The summed E-state index contributed by atoms with van der Waals surface area (Å²) in [5, 5.41) is 7.23. The lowest BCUT2D eigenvalue weighted by molar-refractivity contribution is 0.250. The van der Waals surface area contributed by atoms with Crippen LogP contribution in [-0.4, -0.2) is 48.1 Å². The third-order valence-corrected chi connectivity index (χ3v) is 5.02. The van der Waals surface area contributed by atoms with Gasteiger partial charge >= 0.3 is 6.03 Å². The van der Waals surface area contributed by atoms with E-state index in [0.717, 1.165) is 32.0 Å². The first-order chi connectivity index (χ1) is 10.5. The molecule has 0 unspecified atom stereocenters. The van der Waals surface area contributed by atoms with Crippen molar-refractivity contribution < 1.29 is 4.79 Å². The molecule has 0 spiro atoms. The molecule has 0 fully saturated rings. The zero-order valence-corrected chi connectivity index (χ0v) is 14.3. The molecule has 0 aliphatic heterocycles. The van der Waals surface area contributed by atoms with Crippen molar-refractivity contribution >= 4 is 54.3 Å². The number of urea groups is 1. The first-order valence-electron chi connectivity index (χ1n) is 6.89. The number of carbonyl (C=O) groups excluding carboxylic acids is 1. The average molecular weight is 335 g/mol. The molecule has 0 radical (unpaired) electrons. The van der Waals surface area contributed by atoms with Gasteiger partial charge in [0.1, 0.15) is 5.52 Å². The third-order valence-electron chi connectivity index (χ3n) is 3.09. The van der Waals surface area contributed by atoms with Crippen LogP contribution in [0.4, 0.5) is 9.93 Å². The van der Waals surface area contributed by atoms with Gasteiger partial charge < -0.3 is 10.2 Å². The van der Waals surface area contributed by atoms with Gasteiger partial charge in [-0.05, 0) is 33.2 Å². The highest BCUT2D eigenvalue weighted by molar-refractivity contribution is 7.24. The fourth-order valence-electron chi connectivity index (χ4n) is 2.08. The van der Waals surface area contributed by atoms with Crippen LogP contribution in [0.25, 0.3) is 20.4 Å². The van der Waals surface area contributed by atoms with Crippen LogP contribution in [0.3, 0.4) is 0 Å². The summed E-state index contributed by atoms with van der Waals surface area (Å²) in [5.74, 6) is 0. The highest BCUT2D eigenvalue weighted by Crippen LogP contribution is 2.34. The second-order valence-electron chi connectivity index (χ2n) is 5.20. The molecule has 22 heavy (non-hydrogen) atoms. The minimum atomic E-state index is -0.230. The maximum absolute atomic E-state index is 11.9. The molecule has 2 N–H and O–H groups in total. The van der Waals surface area contributed by atoms with Gasteiger partial charge in [-0.25, -0.2) is 14.8 Å². The maximum Gasteiger partial charge on any atom is 0.321 e. The summed E-state index contributed by atoms with van der Waals surface area (Å²) in [6.45, 7) is 3.39. The molecule has 0 atom stereocenters. The number of rotatable bonds is 4. The highest BCUT2D eigenvalue weighted by atomic mass is 32.1. The van der Waals surface area contributed by atoms with Crippen molar-refractivity contribution in [3.8, 4) is 0 Å². The van der Waals surface area contributed by atoms with Crippen molar-refractivity contribution in [1.82, 2.24) is 20.2 Å². The van der Waals surface area contributed by atoms with Gasteiger partial charge in [-0.3, -0.25) is 5.32 Å². The molecular weight excluding hydrogens is 318 g/mol. The molecule has 0 bridgehead atoms. The zero-order valence-electron chi connectivity index (χ0n) is 12.6. The monoisotopic (exact) mass is 335 g/mol. The molecule has 6 nitrogen and oxygen atoms in total. The van der Waals surface area contributed by atoms with Gasteiger partial charge in [0.2, 0.25) is 0 Å². The number of benzene rings is 1. The van der Waals surface area contributed by atoms with Gasteiger partial charge in [0.05, 0.1) is 19.9 Å². The zero-order chi connectivity index (χ0) is 15.7. The fourth-order valence-corrected chi connectivity index (χ4v) is 3.93. The number of fused-ring (bicyclic) bond motifs is 3. The predicted molar refractivity (Wildman–Crippen MR) is 93.1 cm³/mol. The van der Waals surface area contributed by atoms with Gasteiger partial charge in [0.25, 0.3) is 0 Å². The van der Waals surface area contributed by atoms with Crippen molar-refractivity contribution in [3.63, 3.8) is 0 Å². The fraction of sp³-hybridized carbons (Fsp3) is 0.357. The first-order valence-corrected chi connectivity index (χ1v) is 8.52. The van der Waals surface area contributed by atoms with E-state index in [1.807, 2.05) is 38.1 Å². The van der Waals surface area contributed by atoms with E-state index >= 15 is 0 Å². The molecule has 2 heterocycles. The van der Waals surface area contributed by atoms with Crippen LogP contribution in [0.1, 0.15) is 5.01 Å². The Balaban J connectivity index is 1.77. The molecule has 0 saturated heterocycles. The second-order valence-corrected chi connectivity index (χ2v) is 7.43. The summed E-state index contributed by atoms with van der Waals surface area (Å²) in [4.78, 5) is 22.9. The summed E-state index contributed by atoms with van der Waals surface area (Å²) >= 11 is 3.13. The van der Waals surface area contributed by atoms with Crippen molar-refractivity contribution in [2.75, 3.05) is 32.5 Å². The van der Waals surface area contributed by atoms with Gasteiger partial charge in [-0.1, -0.05) is 11.3 Å². The number of nitrogens with one attached hydrogen (secondary N) is 2. The Labute approximate surface area is 136 Å². The number of anilines is 1. The van der Waals surface area contributed by atoms with E-state index in [1.54, 1.807) is 11.3 Å².